The molecule has 2 aromatic rings. The molecule has 0 aliphatic rings. The van der Waals surface area contributed by atoms with E-state index in [0.29, 0.717) is 16.6 Å². The smallest absolute Gasteiger partial charge is 0.264 e. The van der Waals surface area contributed by atoms with Crippen LogP contribution in [0, 0.1) is 6.92 Å². The lowest BCUT2D eigenvalue weighted by molar-refractivity contribution is 0.430. The van der Waals surface area contributed by atoms with Crippen LogP contribution >= 0.6 is 27.5 Å². The molecular formula is C14H16BrClN2O3S. The van der Waals surface area contributed by atoms with E-state index in [1.807, 2.05) is 12.1 Å². The van der Waals surface area contributed by atoms with E-state index in [-0.39, 0.29) is 15.8 Å². The van der Waals surface area contributed by atoms with E-state index >= 15 is 0 Å². The lowest BCUT2D eigenvalue weighted by Gasteiger charge is -2.11. The van der Waals surface area contributed by atoms with Crippen molar-refractivity contribution in [2.24, 2.45) is 0 Å². The molecule has 0 atom stereocenters. The van der Waals surface area contributed by atoms with Crippen LogP contribution in [0.1, 0.15) is 31.0 Å². The summed E-state index contributed by atoms with van der Waals surface area (Å²) in [5.41, 5.74) is 1.18. The van der Waals surface area contributed by atoms with Gasteiger partial charge in [0.25, 0.3) is 15.9 Å². The third-order valence-corrected chi connectivity index (χ3v) is 5.49. The molecule has 0 saturated carbocycles. The van der Waals surface area contributed by atoms with Crippen LogP contribution in [0.25, 0.3) is 0 Å². The van der Waals surface area contributed by atoms with Crippen molar-refractivity contribution in [2.75, 3.05) is 4.72 Å². The van der Waals surface area contributed by atoms with E-state index in [1.54, 1.807) is 13.0 Å². The number of hydrogen-bond donors (Lipinski definition) is 1. The fourth-order valence-corrected chi connectivity index (χ4v) is 3.93. The first-order valence-corrected chi connectivity index (χ1v) is 9.43. The molecule has 0 saturated heterocycles. The monoisotopic (exact) mass is 406 g/mol. The molecule has 0 fully saturated rings. The lowest BCUT2D eigenvalue weighted by atomic mass is 10.1. The number of nitrogens with one attached hydrogen (secondary N) is 1. The van der Waals surface area contributed by atoms with Crippen molar-refractivity contribution in [3.8, 4) is 0 Å². The van der Waals surface area contributed by atoms with E-state index < -0.39 is 10.0 Å². The van der Waals surface area contributed by atoms with Crippen molar-refractivity contribution in [1.82, 2.24) is 5.16 Å². The molecule has 0 aliphatic carbocycles. The van der Waals surface area contributed by atoms with Gasteiger partial charge in [-0.1, -0.05) is 52.1 Å². The Morgan fingerprint density at radius 2 is 2.14 bits per heavy atom. The van der Waals surface area contributed by atoms with Crippen molar-refractivity contribution in [3.63, 3.8) is 0 Å². The number of aryl methyl sites for hydroxylation is 2. The summed E-state index contributed by atoms with van der Waals surface area (Å²) < 4.78 is 33.2. The normalized spacial score (nSPS) is 11.6. The molecule has 0 radical (unpaired) electrons. The largest absolute Gasteiger partial charge is 0.336 e. The van der Waals surface area contributed by atoms with Crippen molar-refractivity contribution in [2.45, 2.75) is 38.0 Å². The van der Waals surface area contributed by atoms with E-state index in [0.717, 1.165) is 18.4 Å². The zero-order chi connectivity index (χ0) is 16.3. The van der Waals surface area contributed by atoms with Gasteiger partial charge in [-0.25, -0.2) is 13.1 Å². The fourth-order valence-electron chi connectivity index (χ4n) is 1.95. The Bertz CT molecular complexity index is 774. The van der Waals surface area contributed by atoms with Gasteiger partial charge in [0.1, 0.15) is 10.7 Å². The number of sulfonamides is 1. The molecule has 0 amide bonds. The quantitative estimate of drug-likeness (QED) is 0.763. The standard InChI is InChI=1S/C14H16BrClN2O3S/c1-3-4-5-10-6-7-11(15)8-12(10)22(19,20)18-14-13(16)9(2)17-21-14/h6-8,18H,3-5H2,1-2H3. The molecule has 22 heavy (non-hydrogen) atoms. The van der Waals surface area contributed by atoms with Gasteiger partial charge in [0, 0.05) is 4.47 Å². The molecule has 0 aliphatic heterocycles. The van der Waals surface area contributed by atoms with Crippen molar-refractivity contribution < 1.29 is 12.9 Å². The van der Waals surface area contributed by atoms with E-state index in [1.165, 1.54) is 0 Å². The Hall–Kier alpha value is -1.05. The lowest BCUT2D eigenvalue weighted by Crippen LogP contribution is -2.15. The highest BCUT2D eigenvalue weighted by molar-refractivity contribution is 9.10. The molecule has 120 valence electrons. The van der Waals surface area contributed by atoms with Crippen molar-refractivity contribution in [1.29, 1.82) is 0 Å². The maximum absolute atomic E-state index is 12.6. The van der Waals surface area contributed by atoms with Crippen molar-refractivity contribution >= 4 is 43.4 Å². The van der Waals surface area contributed by atoms with Crippen LogP contribution < -0.4 is 4.72 Å². The van der Waals surface area contributed by atoms with Gasteiger partial charge in [-0.3, -0.25) is 0 Å². The summed E-state index contributed by atoms with van der Waals surface area (Å²) in [6, 6.07) is 5.21. The summed E-state index contributed by atoms with van der Waals surface area (Å²) in [6.45, 7) is 3.69. The topological polar surface area (TPSA) is 72.2 Å². The summed E-state index contributed by atoms with van der Waals surface area (Å²) >= 11 is 9.27. The van der Waals surface area contributed by atoms with Gasteiger partial charge in [0.15, 0.2) is 0 Å². The summed E-state index contributed by atoms with van der Waals surface area (Å²) in [5.74, 6) is -0.0689. The van der Waals surface area contributed by atoms with E-state index in [4.69, 9.17) is 16.1 Å². The fraction of sp³-hybridized carbons (Fsp3) is 0.357. The molecule has 1 heterocycles. The highest BCUT2D eigenvalue weighted by Gasteiger charge is 2.23. The van der Waals surface area contributed by atoms with Crippen LogP contribution in [0.2, 0.25) is 5.02 Å². The average Bonchev–Trinajstić information content (AvgIpc) is 2.77. The third-order valence-electron chi connectivity index (χ3n) is 3.14. The van der Waals surface area contributed by atoms with Crippen LogP contribution in [-0.4, -0.2) is 13.6 Å². The Balaban J connectivity index is 2.40. The predicted molar refractivity (Wildman–Crippen MR) is 89.8 cm³/mol. The average molecular weight is 408 g/mol. The minimum absolute atomic E-state index is 0.0689. The molecule has 1 N–H and O–H groups in total. The van der Waals surface area contributed by atoms with Gasteiger partial charge in [-0.2, -0.15) is 0 Å². The second-order valence-electron chi connectivity index (χ2n) is 4.87. The zero-order valence-electron chi connectivity index (χ0n) is 12.2. The van der Waals surface area contributed by atoms with E-state index in [9.17, 15) is 8.42 Å². The van der Waals surface area contributed by atoms with E-state index in [2.05, 4.69) is 32.7 Å². The summed E-state index contributed by atoms with van der Waals surface area (Å²) in [6.07, 6.45) is 2.58. The number of unbranched alkanes of at least 4 members (excludes halogenated alkanes) is 1. The minimum Gasteiger partial charge on any atom is -0.336 e. The summed E-state index contributed by atoms with van der Waals surface area (Å²) in [5, 5.41) is 3.80. The van der Waals surface area contributed by atoms with Gasteiger partial charge < -0.3 is 4.52 Å². The highest BCUT2D eigenvalue weighted by Crippen LogP contribution is 2.29. The molecule has 2 rings (SSSR count). The SMILES string of the molecule is CCCCc1ccc(Br)cc1S(=O)(=O)Nc1onc(C)c1Cl. The minimum atomic E-state index is -3.80. The Morgan fingerprint density at radius 1 is 1.41 bits per heavy atom. The van der Waals surface area contributed by atoms with Crippen LogP contribution in [0.3, 0.4) is 0 Å². The number of hydrogen-bond acceptors (Lipinski definition) is 4. The summed E-state index contributed by atoms with van der Waals surface area (Å²) in [7, 11) is -3.80. The molecule has 8 heteroatoms. The number of aromatic nitrogens is 1. The molecule has 5 nitrogen and oxygen atoms in total. The highest BCUT2D eigenvalue weighted by atomic mass is 79.9. The molecule has 0 spiro atoms. The van der Waals surface area contributed by atoms with Gasteiger partial charge in [0.05, 0.1) is 4.90 Å². The Labute approximate surface area is 143 Å². The number of nitrogens with zero attached hydrogens (tertiary/aromatic N) is 1. The van der Waals surface area contributed by atoms with Crippen LogP contribution in [0.5, 0.6) is 0 Å². The first-order valence-electron chi connectivity index (χ1n) is 6.78. The maximum Gasteiger partial charge on any atom is 0.264 e. The second-order valence-corrected chi connectivity index (χ2v) is 7.82. The molecule has 0 bridgehead atoms. The second kappa shape index (κ2) is 7.02. The third kappa shape index (κ3) is 3.83. The number of benzene rings is 1. The van der Waals surface area contributed by atoms with Crippen LogP contribution in [0.15, 0.2) is 32.1 Å². The van der Waals surface area contributed by atoms with Gasteiger partial charge in [-0.05, 0) is 37.5 Å². The number of anilines is 1. The predicted octanol–water partition coefficient (Wildman–Crippen LogP) is 4.54. The van der Waals surface area contributed by atoms with Gasteiger partial charge >= 0.3 is 0 Å². The van der Waals surface area contributed by atoms with Gasteiger partial charge in [-0.15, -0.1) is 0 Å². The maximum atomic E-state index is 12.6. The Kier molecular flexibility index (Phi) is 5.52. The van der Waals surface area contributed by atoms with Gasteiger partial charge in [0.2, 0.25) is 0 Å². The first kappa shape index (κ1) is 17.3. The van der Waals surface area contributed by atoms with Crippen molar-refractivity contribution in [3.05, 3.63) is 39.0 Å². The zero-order valence-corrected chi connectivity index (χ0v) is 15.3. The molecular weight excluding hydrogens is 392 g/mol. The Morgan fingerprint density at radius 3 is 2.73 bits per heavy atom. The molecule has 0 unspecified atom stereocenters. The molecule has 1 aromatic carbocycles. The van der Waals surface area contributed by atoms with Crippen LogP contribution in [0.4, 0.5) is 5.88 Å². The molecule has 1 aromatic heterocycles. The number of halogens is 2. The number of rotatable bonds is 6. The van der Waals surface area contributed by atoms with Crippen LogP contribution in [-0.2, 0) is 16.4 Å². The summed E-state index contributed by atoms with van der Waals surface area (Å²) in [4.78, 5) is 0.209. The first-order chi connectivity index (χ1) is 10.3.